The third-order valence-electron chi connectivity index (χ3n) is 4.95. The number of carbonyl (C=O) groups is 1. The van der Waals surface area contributed by atoms with E-state index in [1.165, 1.54) is 17.4 Å². The molecule has 0 spiro atoms. The van der Waals surface area contributed by atoms with E-state index in [9.17, 15) is 9.59 Å². The summed E-state index contributed by atoms with van der Waals surface area (Å²) in [6.45, 7) is 5.59. The van der Waals surface area contributed by atoms with Crippen LogP contribution in [0.3, 0.4) is 0 Å². The van der Waals surface area contributed by atoms with Crippen LogP contribution in [0.4, 0.5) is 0 Å². The maximum atomic E-state index is 12.6. The van der Waals surface area contributed by atoms with Gasteiger partial charge in [-0.1, -0.05) is 6.92 Å². The highest BCUT2D eigenvalue weighted by Gasteiger charge is 2.17. The van der Waals surface area contributed by atoms with Crippen LogP contribution in [0.5, 0.6) is 0 Å². The number of carbonyl (C=O) groups excluding carboxylic acids is 1. The predicted octanol–water partition coefficient (Wildman–Crippen LogP) is 2.56. The van der Waals surface area contributed by atoms with Crippen molar-refractivity contribution in [3.8, 4) is 0 Å². The second-order valence-corrected chi connectivity index (χ2v) is 6.78. The highest BCUT2D eigenvalue weighted by Crippen LogP contribution is 2.18. The molecule has 2 aromatic heterocycles. The molecular formula is C18H25N3O2. The van der Waals surface area contributed by atoms with E-state index in [1.54, 1.807) is 19.4 Å². The number of aryl methyl sites for hydroxylation is 1. The second-order valence-electron chi connectivity index (χ2n) is 6.78. The zero-order valence-electron chi connectivity index (χ0n) is 14.0. The van der Waals surface area contributed by atoms with Crippen LogP contribution < -0.4 is 5.56 Å². The molecule has 5 nitrogen and oxygen atoms in total. The van der Waals surface area contributed by atoms with Crippen molar-refractivity contribution in [3.05, 3.63) is 34.4 Å². The molecule has 0 saturated carbocycles. The van der Waals surface area contributed by atoms with E-state index in [0.717, 1.165) is 37.4 Å². The lowest BCUT2D eigenvalue weighted by Gasteiger charge is -2.30. The van der Waals surface area contributed by atoms with E-state index in [2.05, 4.69) is 16.8 Å². The molecule has 1 aliphatic rings. The van der Waals surface area contributed by atoms with E-state index >= 15 is 0 Å². The number of Topliss-reactive ketones (excluding diaryl/α,β-unsaturated/α-hetero) is 1. The molecule has 23 heavy (non-hydrogen) atoms. The first-order valence-corrected chi connectivity index (χ1v) is 8.48. The molecular weight excluding hydrogens is 290 g/mol. The number of hydrogen-bond acceptors (Lipinski definition) is 3. The molecule has 1 N–H and O–H groups in total. The fourth-order valence-corrected chi connectivity index (χ4v) is 3.37. The number of H-pyrrole nitrogens is 1. The fourth-order valence-electron chi connectivity index (χ4n) is 3.37. The molecule has 1 saturated heterocycles. The Morgan fingerprint density at radius 3 is 2.83 bits per heavy atom. The quantitative estimate of drug-likeness (QED) is 0.863. The third kappa shape index (κ3) is 3.39. The minimum Gasteiger partial charge on any atom is -0.357 e. The first-order chi connectivity index (χ1) is 11.1. The number of hydrogen-bond donors (Lipinski definition) is 1. The number of likely N-dealkylation sites (tertiary alicyclic amines) is 1. The molecule has 0 amide bonds. The number of rotatable bonds is 5. The lowest BCUT2D eigenvalue weighted by Crippen LogP contribution is -2.33. The summed E-state index contributed by atoms with van der Waals surface area (Å²) in [5.74, 6) is 0.955. The van der Waals surface area contributed by atoms with Crippen LogP contribution in [0.15, 0.2) is 23.3 Å². The van der Waals surface area contributed by atoms with Crippen LogP contribution in [-0.2, 0) is 7.05 Å². The zero-order valence-corrected chi connectivity index (χ0v) is 14.0. The Kier molecular flexibility index (Phi) is 4.66. The normalized spacial score (nSPS) is 17.0. The van der Waals surface area contributed by atoms with Gasteiger partial charge in [0.25, 0.3) is 5.56 Å². The van der Waals surface area contributed by atoms with Crippen molar-refractivity contribution in [1.29, 1.82) is 0 Å². The van der Waals surface area contributed by atoms with Crippen LogP contribution >= 0.6 is 0 Å². The SMILES string of the molecule is CC1CCN(CCCC(=O)c2cn(C)c(=O)c3[nH]ccc23)CC1. The summed E-state index contributed by atoms with van der Waals surface area (Å²) >= 11 is 0. The van der Waals surface area contributed by atoms with E-state index in [-0.39, 0.29) is 11.3 Å². The average Bonchev–Trinajstić information content (AvgIpc) is 3.02. The highest BCUT2D eigenvalue weighted by molar-refractivity contribution is 6.07. The molecule has 0 atom stereocenters. The van der Waals surface area contributed by atoms with Crippen molar-refractivity contribution in [1.82, 2.24) is 14.5 Å². The summed E-state index contributed by atoms with van der Waals surface area (Å²) in [7, 11) is 1.69. The Hall–Kier alpha value is -1.88. The Labute approximate surface area is 136 Å². The molecule has 3 heterocycles. The van der Waals surface area contributed by atoms with Gasteiger partial charge >= 0.3 is 0 Å². The number of nitrogens with one attached hydrogen (secondary N) is 1. The fraction of sp³-hybridized carbons (Fsp3) is 0.556. The van der Waals surface area contributed by atoms with Gasteiger partial charge in [0.2, 0.25) is 0 Å². The van der Waals surface area contributed by atoms with Crippen LogP contribution in [0.2, 0.25) is 0 Å². The van der Waals surface area contributed by atoms with Crippen molar-refractivity contribution in [3.63, 3.8) is 0 Å². The summed E-state index contributed by atoms with van der Waals surface area (Å²) in [6, 6.07) is 1.82. The Balaban J connectivity index is 1.64. The van der Waals surface area contributed by atoms with Gasteiger partial charge in [0.05, 0.1) is 0 Å². The van der Waals surface area contributed by atoms with Gasteiger partial charge in [-0.25, -0.2) is 0 Å². The minimum absolute atomic E-state index is 0.0935. The van der Waals surface area contributed by atoms with Gasteiger partial charge < -0.3 is 14.5 Å². The van der Waals surface area contributed by atoms with Crippen molar-refractivity contribution >= 4 is 16.7 Å². The molecule has 0 unspecified atom stereocenters. The molecule has 1 aliphatic heterocycles. The lowest BCUT2D eigenvalue weighted by molar-refractivity contribution is 0.0972. The Morgan fingerprint density at radius 1 is 1.35 bits per heavy atom. The summed E-state index contributed by atoms with van der Waals surface area (Å²) in [6.07, 6.45) is 7.32. The standard InChI is InChI=1S/C18H25N3O2/c1-13-6-10-21(11-7-13)9-3-4-16(22)15-12-20(2)18(23)17-14(15)5-8-19-17/h5,8,12-13,19H,3-4,6-7,9-11H2,1-2H3. The maximum absolute atomic E-state index is 12.6. The van der Waals surface area contributed by atoms with Crippen molar-refractivity contribution in [2.24, 2.45) is 13.0 Å². The molecule has 3 rings (SSSR count). The smallest absolute Gasteiger partial charge is 0.274 e. The van der Waals surface area contributed by atoms with Crippen LogP contribution in [0, 0.1) is 5.92 Å². The van der Waals surface area contributed by atoms with Gasteiger partial charge in [-0.15, -0.1) is 0 Å². The van der Waals surface area contributed by atoms with Gasteiger partial charge in [0, 0.05) is 36.8 Å². The first kappa shape index (κ1) is 16.0. The highest BCUT2D eigenvalue weighted by atomic mass is 16.1. The minimum atomic E-state index is -0.0935. The van der Waals surface area contributed by atoms with Gasteiger partial charge in [-0.3, -0.25) is 9.59 Å². The summed E-state index contributed by atoms with van der Waals surface area (Å²) < 4.78 is 1.48. The number of aromatic nitrogens is 2. The van der Waals surface area contributed by atoms with Gasteiger partial charge in [0.1, 0.15) is 5.52 Å². The molecule has 2 aromatic rings. The van der Waals surface area contributed by atoms with Crippen LogP contribution in [-0.4, -0.2) is 39.9 Å². The second kappa shape index (κ2) is 6.71. The zero-order chi connectivity index (χ0) is 16.4. The van der Waals surface area contributed by atoms with E-state index in [4.69, 9.17) is 0 Å². The van der Waals surface area contributed by atoms with E-state index in [1.807, 2.05) is 6.07 Å². The number of nitrogens with zero attached hydrogens (tertiary/aromatic N) is 2. The average molecular weight is 315 g/mol. The molecule has 0 bridgehead atoms. The van der Waals surface area contributed by atoms with Crippen molar-refractivity contribution in [2.75, 3.05) is 19.6 Å². The monoisotopic (exact) mass is 315 g/mol. The number of ketones is 1. The Morgan fingerprint density at radius 2 is 2.09 bits per heavy atom. The van der Waals surface area contributed by atoms with Crippen molar-refractivity contribution < 1.29 is 4.79 Å². The van der Waals surface area contributed by atoms with Crippen LogP contribution in [0.1, 0.15) is 43.0 Å². The maximum Gasteiger partial charge on any atom is 0.274 e. The number of piperidine rings is 1. The van der Waals surface area contributed by atoms with Crippen molar-refractivity contribution in [2.45, 2.75) is 32.6 Å². The lowest BCUT2D eigenvalue weighted by atomic mass is 9.99. The topological polar surface area (TPSA) is 58.1 Å². The van der Waals surface area contributed by atoms with Crippen LogP contribution in [0.25, 0.3) is 10.9 Å². The molecule has 0 aliphatic carbocycles. The van der Waals surface area contributed by atoms with Gasteiger partial charge in [-0.2, -0.15) is 0 Å². The van der Waals surface area contributed by atoms with E-state index in [0.29, 0.717) is 17.5 Å². The number of aromatic amines is 1. The van der Waals surface area contributed by atoms with Gasteiger partial charge in [0.15, 0.2) is 5.78 Å². The Bertz CT molecular complexity index is 751. The van der Waals surface area contributed by atoms with Gasteiger partial charge in [-0.05, 0) is 50.9 Å². The summed E-state index contributed by atoms with van der Waals surface area (Å²) in [5.41, 5.74) is 1.07. The first-order valence-electron chi connectivity index (χ1n) is 8.48. The molecule has 0 aromatic carbocycles. The molecule has 5 heteroatoms. The molecule has 124 valence electrons. The largest absolute Gasteiger partial charge is 0.357 e. The van der Waals surface area contributed by atoms with E-state index < -0.39 is 0 Å². The number of fused-ring (bicyclic) bond motifs is 1. The summed E-state index contributed by atoms with van der Waals surface area (Å²) in [5, 5.41) is 0.741. The predicted molar refractivity (Wildman–Crippen MR) is 91.9 cm³/mol. The third-order valence-corrected chi connectivity index (χ3v) is 4.95. The molecule has 1 fully saturated rings. The number of pyridine rings is 1. The summed E-state index contributed by atoms with van der Waals surface area (Å²) in [4.78, 5) is 30.0. The molecule has 0 radical (unpaired) electrons.